The summed E-state index contributed by atoms with van der Waals surface area (Å²) in [4.78, 5) is 14.6. The summed E-state index contributed by atoms with van der Waals surface area (Å²) in [5, 5.41) is 12.9. The van der Waals surface area contributed by atoms with Crippen LogP contribution in [0.5, 0.6) is 0 Å². The van der Waals surface area contributed by atoms with Crippen LogP contribution < -0.4 is 10.2 Å². The molecule has 4 heteroatoms. The molecule has 0 aromatic heterocycles. The van der Waals surface area contributed by atoms with Crippen LogP contribution in [0.4, 0.5) is 5.69 Å². The number of carbonyl (C=O) groups excluding carboxylic acids is 1. The minimum Gasteiger partial charge on any atom is -0.396 e. The van der Waals surface area contributed by atoms with E-state index in [1.807, 2.05) is 23.1 Å². The first kappa shape index (κ1) is 15.5. The van der Waals surface area contributed by atoms with Crippen LogP contribution in [-0.4, -0.2) is 36.2 Å². The molecule has 0 radical (unpaired) electrons. The molecule has 22 heavy (non-hydrogen) atoms. The summed E-state index contributed by atoms with van der Waals surface area (Å²) in [6.07, 6.45) is 5.43. The number of nitrogens with zero attached hydrogens (tertiary/aromatic N) is 1. The number of para-hydroxylation sites is 1. The maximum Gasteiger partial charge on any atom is 0.241 e. The number of fused-ring (bicyclic) bond motifs is 1. The maximum absolute atomic E-state index is 12.7. The number of hydrogen-bond donors (Lipinski definition) is 2. The van der Waals surface area contributed by atoms with Gasteiger partial charge in [-0.05, 0) is 43.7 Å². The highest BCUT2D eigenvalue weighted by Crippen LogP contribution is 2.31. The van der Waals surface area contributed by atoms with Gasteiger partial charge in [-0.1, -0.05) is 31.0 Å². The van der Waals surface area contributed by atoms with E-state index in [1.54, 1.807) is 0 Å². The Morgan fingerprint density at radius 3 is 2.91 bits per heavy atom. The maximum atomic E-state index is 12.7. The van der Waals surface area contributed by atoms with Crippen molar-refractivity contribution < 1.29 is 9.90 Å². The van der Waals surface area contributed by atoms with E-state index in [1.165, 1.54) is 18.4 Å². The molecule has 120 valence electrons. The van der Waals surface area contributed by atoms with Gasteiger partial charge in [0.1, 0.15) is 0 Å². The number of nitrogens with one attached hydrogen (secondary N) is 1. The number of hydrogen-bond acceptors (Lipinski definition) is 3. The predicted molar refractivity (Wildman–Crippen MR) is 87.9 cm³/mol. The molecule has 1 amide bonds. The van der Waals surface area contributed by atoms with Crippen LogP contribution in [-0.2, 0) is 11.2 Å². The van der Waals surface area contributed by atoms with Crippen LogP contribution >= 0.6 is 0 Å². The van der Waals surface area contributed by atoms with E-state index in [-0.39, 0.29) is 24.6 Å². The Hall–Kier alpha value is -1.39. The van der Waals surface area contributed by atoms with Crippen LogP contribution in [0.25, 0.3) is 0 Å². The van der Waals surface area contributed by atoms with Gasteiger partial charge in [-0.3, -0.25) is 4.79 Å². The zero-order chi connectivity index (χ0) is 15.5. The van der Waals surface area contributed by atoms with Crippen molar-refractivity contribution in [2.45, 2.75) is 51.1 Å². The van der Waals surface area contributed by atoms with Gasteiger partial charge in [0.15, 0.2) is 0 Å². The van der Waals surface area contributed by atoms with Crippen molar-refractivity contribution >= 4 is 11.6 Å². The van der Waals surface area contributed by atoms with Crippen LogP contribution in [0, 0.1) is 5.92 Å². The number of anilines is 1. The molecule has 1 aliphatic heterocycles. The SMILES string of the molecule is CC1Cc2ccccc2N1C(=O)CNC1CCCCC1CO. The number of benzene rings is 1. The molecule has 4 nitrogen and oxygen atoms in total. The predicted octanol–water partition coefficient (Wildman–Crippen LogP) is 2.10. The first-order valence-corrected chi connectivity index (χ1v) is 8.45. The second-order valence-electron chi connectivity index (χ2n) is 6.66. The fraction of sp³-hybridized carbons (Fsp3) is 0.611. The summed E-state index contributed by atoms with van der Waals surface area (Å²) in [5.74, 6) is 0.435. The average molecular weight is 302 g/mol. The molecule has 1 fully saturated rings. The lowest BCUT2D eigenvalue weighted by Crippen LogP contribution is -2.47. The summed E-state index contributed by atoms with van der Waals surface area (Å²) >= 11 is 0. The molecular formula is C18H26N2O2. The number of amides is 1. The minimum atomic E-state index is 0.139. The fourth-order valence-corrected chi connectivity index (χ4v) is 3.94. The Kier molecular flexibility index (Phi) is 4.79. The fourth-order valence-electron chi connectivity index (χ4n) is 3.94. The summed E-state index contributed by atoms with van der Waals surface area (Å²) in [5.41, 5.74) is 2.32. The summed E-state index contributed by atoms with van der Waals surface area (Å²) in [6, 6.07) is 8.67. The second kappa shape index (κ2) is 6.80. The lowest BCUT2D eigenvalue weighted by Gasteiger charge is -2.32. The van der Waals surface area contributed by atoms with Gasteiger partial charge in [0.25, 0.3) is 0 Å². The van der Waals surface area contributed by atoms with Gasteiger partial charge in [-0.2, -0.15) is 0 Å². The molecule has 1 heterocycles. The highest BCUT2D eigenvalue weighted by Gasteiger charge is 2.31. The zero-order valence-electron chi connectivity index (χ0n) is 13.3. The van der Waals surface area contributed by atoms with Gasteiger partial charge in [-0.15, -0.1) is 0 Å². The van der Waals surface area contributed by atoms with Crippen molar-refractivity contribution in [1.82, 2.24) is 5.32 Å². The molecule has 1 aromatic carbocycles. The number of carbonyl (C=O) groups is 1. The summed E-state index contributed by atoms with van der Waals surface area (Å²) in [7, 11) is 0. The monoisotopic (exact) mass is 302 g/mol. The van der Waals surface area contributed by atoms with E-state index in [2.05, 4.69) is 18.3 Å². The molecule has 2 aliphatic rings. The highest BCUT2D eigenvalue weighted by atomic mass is 16.3. The number of aliphatic hydroxyl groups excluding tert-OH is 1. The smallest absolute Gasteiger partial charge is 0.241 e. The molecule has 0 bridgehead atoms. The Balaban J connectivity index is 1.62. The number of aliphatic hydroxyl groups is 1. The van der Waals surface area contributed by atoms with E-state index < -0.39 is 0 Å². The van der Waals surface area contributed by atoms with Crippen molar-refractivity contribution in [2.24, 2.45) is 5.92 Å². The third kappa shape index (κ3) is 3.03. The average Bonchev–Trinajstić information content (AvgIpc) is 2.88. The third-order valence-corrected chi connectivity index (χ3v) is 5.14. The van der Waals surface area contributed by atoms with Crippen LogP contribution in [0.1, 0.15) is 38.2 Å². The molecule has 2 N–H and O–H groups in total. The van der Waals surface area contributed by atoms with Gasteiger partial charge in [0.05, 0.1) is 6.54 Å². The Labute approximate surface area is 132 Å². The molecule has 3 unspecified atom stereocenters. The van der Waals surface area contributed by atoms with Gasteiger partial charge in [0.2, 0.25) is 5.91 Å². The van der Waals surface area contributed by atoms with Gasteiger partial charge in [0, 0.05) is 24.4 Å². The van der Waals surface area contributed by atoms with Crippen LogP contribution in [0.2, 0.25) is 0 Å². The number of rotatable bonds is 4. The van der Waals surface area contributed by atoms with E-state index in [9.17, 15) is 9.90 Å². The summed E-state index contributed by atoms with van der Waals surface area (Å²) < 4.78 is 0. The van der Waals surface area contributed by atoms with E-state index >= 15 is 0 Å². The first-order valence-electron chi connectivity index (χ1n) is 8.45. The zero-order valence-corrected chi connectivity index (χ0v) is 13.3. The van der Waals surface area contributed by atoms with Crippen LogP contribution in [0.3, 0.4) is 0 Å². The quantitative estimate of drug-likeness (QED) is 0.895. The van der Waals surface area contributed by atoms with E-state index in [4.69, 9.17) is 0 Å². The Bertz CT molecular complexity index is 532. The topological polar surface area (TPSA) is 52.6 Å². The van der Waals surface area contributed by atoms with Gasteiger partial charge in [-0.25, -0.2) is 0 Å². The van der Waals surface area contributed by atoms with Gasteiger partial charge >= 0.3 is 0 Å². The standard InChI is InChI=1S/C18H26N2O2/c1-13-10-14-6-3-5-9-17(14)20(13)18(22)11-19-16-8-4-2-7-15(16)12-21/h3,5-6,9,13,15-16,19,21H,2,4,7-8,10-12H2,1H3. The largest absolute Gasteiger partial charge is 0.396 e. The Morgan fingerprint density at radius 2 is 2.09 bits per heavy atom. The molecule has 3 atom stereocenters. The molecule has 0 spiro atoms. The molecule has 0 saturated heterocycles. The van der Waals surface area contributed by atoms with Crippen molar-refractivity contribution in [3.8, 4) is 0 Å². The lowest BCUT2D eigenvalue weighted by molar-refractivity contribution is -0.118. The third-order valence-electron chi connectivity index (χ3n) is 5.14. The molecule has 3 rings (SSSR count). The summed E-state index contributed by atoms with van der Waals surface area (Å²) in [6.45, 7) is 2.68. The molecule has 1 saturated carbocycles. The molecule has 1 aliphatic carbocycles. The first-order chi connectivity index (χ1) is 10.7. The van der Waals surface area contributed by atoms with Gasteiger partial charge < -0.3 is 15.3 Å². The van der Waals surface area contributed by atoms with Crippen molar-refractivity contribution in [1.29, 1.82) is 0 Å². The van der Waals surface area contributed by atoms with E-state index in [0.29, 0.717) is 12.5 Å². The second-order valence-corrected chi connectivity index (χ2v) is 6.66. The van der Waals surface area contributed by atoms with Crippen molar-refractivity contribution in [3.05, 3.63) is 29.8 Å². The molecule has 1 aromatic rings. The highest BCUT2D eigenvalue weighted by molar-refractivity contribution is 5.97. The Morgan fingerprint density at radius 1 is 1.32 bits per heavy atom. The lowest BCUT2D eigenvalue weighted by atomic mass is 9.85. The molecular weight excluding hydrogens is 276 g/mol. The normalized spacial score (nSPS) is 27.7. The van der Waals surface area contributed by atoms with Crippen molar-refractivity contribution in [2.75, 3.05) is 18.1 Å². The minimum absolute atomic E-state index is 0.139. The van der Waals surface area contributed by atoms with E-state index in [0.717, 1.165) is 24.9 Å². The van der Waals surface area contributed by atoms with Crippen LogP contribution in [0.15, 0.2) is 24.3 Å². The van der Waals surface area contributed by atoms with Crippen molar-refractivity contribution in [3.63, 3.8) is 0 Å².